The number of nitrogens with one attached hydrogen (secondary N) is 2. The van der Waals surface area contributed by atoms with E-state index in [1.807, 2.05) is 13.2 Å². The number of fused-ring (bicyclic) bond motifs is 1. The van der Waals surface area contributed by atoms with Crippen LogP contribution in [0.25, 0.3) is 0 Å². The van der Waals surface area contributed by atoms with Crippen molar-refractivity contribution in [2.75, 3.05) is 18.1 Å². The number of amidine groups is 1. The van der Waals surface area contributed by atoms with Crippen molar-refractivity contribution >= 4 is 45.5 Å². The van der Waals surface area contributed by atoms with Gasteiger partial charge in [0, 0.05) is 24.1 Å². The summed E-state index contributed by atoms with van der Waals surface area (Å²) in [7, 11) is -3.65. The number of rotatable bonds is 5. The number of aromatic nitrogens is 3. The first kappa shape index (κ1) is 17.0. The Hall–Kier alpha value is -1.85. The van der Waals surface area contributed by atoms with Gasteiger partial charge in [-0.2, -0.15) is 23.4 Å². The number of thioether (sulfide) groups is 1. The van der Waals surface area contributed by atoms with Crippen LogP contribution in [0, 0.1) is 0 Å². The summed E-state index contributed by atoms with van der Waals surface area (Å²) in [5.41, 5.74) is 0.538. The molecule has 2 aromatic rings. The topological polar surface area (TPSA) is 109 Å². The molecule has 0 saturated carbocycles. The standard InChI is InChI=1S/C13H14N6O2S3/c1-3-14-11-15-12(22-2)17-13(16-11)23-18-10-8-6-4-5-7-9(8)24(20,21)19-10/h4-7H,3H2,1-2H3,(H,18,19)(H,14,15,16,17). The SMILES string of the molecule is CCNc1nc(SC)nc(SNC2=NS(=O)(=O)c3ccccc32)n1. The molecule has 1 aromatic heterocycles. The highest BCUT2D eigenvalue weighted by molar-refractivity contribution is 7.98. The first-order valence-electron chi connectivity index (χ1n) is 6.94. The van der Waals surface area contributed by atoms with Crippen molar-refractivity contribution in [2.45, 2.75) is 22.1 Å². The summed E-state index contributed by atoms with van der Waals surface area (Å²) in [6, 6.07) is 6.67. The lowest BCUT2D eigenvalue weighted by Crippen LogP contribution is -2.16. The lowest BCUT2D eigenvalue weighted by Gasteiger charge is -2.07. The van der Waals surface area contributed by atoms with Crippen LogP contribution in [0.15, 0.2) is 43.9 Å². The molecule has 0 bridgehead atoms. The molecule has 1 aromatic carbocycles. The van der Waals surface area contributed by atoms with E-state index in [1.165, 1.54) is 17.8 Å². The third-order valence-corrected chi connectivity index (χ3v) is 5.53. The number of hydrogen-bond acceptors (Lipinski definition) is 9. The van der Waals surface area contributed by atoms with E-state index in [1.54, 1.807) is 18.2 Å². The summed E-state index contributed by atoms with van der Waals surface area (Å²) in [6.45, 7) is 2.64. The Morgan fingerprint density at radius 1 is 1.12 bits per heavy atom. The molecule has 0 amide bonds. The fourth-order valence-electron chi connectivity index (χ4n) is 1.99. The molecule has 8 nitrogen and oxygen atoms in total. The van der Waals surface area contributed by atoms with Crippen molar-refractivity contribution in [3.05, 3.63) is 29.8 Å². The highest BCUT2D eigenvalue weighted by Gasteiger charge is 2.28. The zero-order chi connectivity index (χ0) is 17.2. The Morgan fingerprint density at radius 3 is 2.62 bits per heavy atom. The van der Waals surface area contributed by atoms with Gasteiger partial charge in [-0.1, -0.05) is 23.9 Å². The monoisotopic (exact) mass is 382 g/mol. The van der Waals surface area contributed by atoms with Crippen LogP contribution in [0.1, 0.15) is 12.5 Å². The molecule has 24 heavy (non-hydrogen) atoms. The van der Waals surface area contributed by atoms with E-state index >= 15 is 0 Å². The second kappa shape index (κ2) is 6.95. The van der Waals surface area contributed by atoms with Gasteiger partial charge in [0.15, 0.2) is 11.0 Å². The maximum atomic E-state index is 12.0. The Labute approximate surface area is 148 Å². The van der Waals surface area contributed by atoms with Gasteiger partial charge in [0.2, 0.25) is 11.1 Å². The van der Waals surface area contributed by atoms with Crippen LogP contribution in [0.4, 0.5) is 5.95 Å². The predicted octanol–water partition coefficient (Wildman–Crippen LogP) is 1.77. The molecule has 0 fully saturated rings. The third-order valence-electron chi connectivity index (χ3n) is 2.98. The zero-order valence-corrected chi connectivity index (χ0v) is 15.3. The minimum absolute atomic E-state index is 0.196. The molecular weight excluding hydrogens is 368 g/mol. The molecule has 1 aliphatic heterocycles. The van der Waals surface area contributed by atoms with E-state index in [4.69, 9.17) is 0 Å². The van der Waals surface area contributed by atoms with Crippen molar-refractivity contribution in [3.63, 3.8) is 0 Å². The summed E-state index contributed by atoms with van der Waals surface area (Å²) in [6.07, 6.45) is 1.87. The average Bonchev–Trinajstić information content (AvgIpc) is 2.84. The summed E-state index contributed by atoms with van der Waals surface area (Å²) in [4.78, 5) is 13.0. The Kier molecular flexibility index (Phi) is 4.92. The maximum absolute atomic E-state index is 12.0. The van der Waals surface area contributed by atoms with Crippen LogP contribution >= 0.6 is 23.7 Å². The van der Waals surface area contributed by atoms with Crippen LogP contribution in [0.3, 0.4) is 0 Å². The zero-order valence-electron chi connectivity index (χ0n) is 12.8. The van der Waals surface area contributed by atoms with E-state index < -0.39 is 10.0 Å². The van der Waals surface area contributed by atoms with Gasteiger partial charge in [-0.15, -0.1) is 4.40 Å². The minimum atomic E-state index is -3.65. The largest absolute Gasteiger partial charge is 0.354 e. The maximum Gasteiger partial charge on any atom is 0.285 e. The van der Waals surface area contributed by atoms with E-state index in [0.717, 1.165) is 11.9 Å². The van der Waals surface area contributed by atoms with Gasteiger partial charge in [0.1, 0.15) is 4.90 Å². The highest BCUT2D eigenvalue weighted by Crippen LogP contribution is 2.26. The van der Waals surface area contributed by atoms with E-state index in [0.29, 0.717) is 28.4 Å². The molecule has 2 N–H and O–H groups in total. The van der Waals surface area contributed by atoms with Crippen LogP contribution in [-0.4, -0.2) is 42.0 Å². The number of benzene rings is 1. The van der Waals surface area contributed by atoms with E-state index in [2.05, 4.69) is 29.4 Å². The minimum Gasteiger partial charge on any atom is -0.354 e. The molecule has 3 rings (SSSR count). The second-order valence-electron chi connectivity index (χ2n) is 4.57. The van der Waals surface area contributed by atoms with Gasteiger partial charge in [0.05, 0.1) is 0 Å². The molecule has 0 radical (unpaired) electrons. The summed E-state index contributed by atoms with van der Waals surface area (Å²) >= 11 is 2.49. The molecule has 0 saturated heterocycles. The van der Waals surface area contributed by atoms with Crippen molar-refractivity contribution in [2.24, 2.45) is 4.40 Å². The van der Waals surface area contributed by atoms with Crippen LogP contribution in [-0.2, 0) is 10.0 Å². The lowest BCUT2D eigenvalue weighted by molar-refractivity contribution is 0.599. The predicted molar refractivity (Wildman–Crippen MR) is 94.9 cm³/mol. The first-order chi connectivity index (χ1) is 11.5. The third kappa shape index (κ3) is 3.47. The smallest absolute Gasteiger partial charge is 0.285 e. The van der Waals surface area contributed by atoms with Crippen LogP contribution in [0.5, 0.6) is 0 Å². The normalized spacial score (nSPS) is 14.8. The summed E-state index contributed by atoms with van der Waals surface area (Å²) in [5.74, 6) is 0.745. The van der Waals surface area contributed by atoms with Crippen molar-refractivity contribution in [3.8, 4) is 0 Å². The van der Waals surface area contributed by atoms with Gasteiger partial charge in [-0.3, -0.25) is 0 Å². The van der Waals surface area contributed by atoms with Crippen molar-refractivity contribution in [1.29, 1.82) is 0 Å². The Bertz CT molecular complexity index is 900. The Morgan fingerprint density at radius 2 is 1.88 bits per heavy atom. The van der Waals surface area contributed by atoms with Crippen LogP contribution < -0.4 is 10.0 Å². The van der Waals surface area contributed by atoms with Crippen molar-refractivity contribution in [1.82, 2.24) is 19.7 Å². The highest BCUT2D eigenvalue weighted by atomic mass is 32.2. The number of anilines is 1. The van der Waals surface area contributed by atoms with Gasteiger partial charge in [-0.05, 0) is 25.3 Å². The molecule has 0 spiro atoms. The fraction of sp³-hybridized carbons (Fsp3) is 0.231. The van der Waals surface area contributed by atoms with Gasteiger partial charge in [0.25, 0.3) is 10.0 Å². The lowest BCUT2D eigenvalue weighted by atomic mass is 10.2. The summed E-state index contributed by atoms with van der Waals surface area (Å²) in [5, 5.41) is 4.04. The van der Waals surface area contributed by atoms with Crippen LogP contribution in [0.2, 0.25) is 0 Å². The number of hydrogen-bond donors (Lipinski definition) is 2. The molecule has 0 aliphatic carbocycles. The van der Waals surface area contributed by atoms with Gasteiger partial charge < -0.3 is 10.0 Å². The molecule has 2 heterocycles. The van der Waals surface area contributed by atoms with E-state index in [-0.39, 0.29) is 10.7 Å². The second-order valence-corrected chi connectivity index (χ2v) is 7.69. The molecule has 126 valence electrons. The van der Waals surface area contributed by atoms with Gasteiger partial charge in [-0.25, -0.2) is 0 Å². The first-order valence-corrected chi connectivity index (χ1v) is 10.4. The summed E-state index contributed by atoms with van der Waals surface area (Å²) < 4.78 is 30.7. The quantitative estimate of drug-likeness (QED) is 0.590. The molecule has 1 aliphatic rings. The average molecular weight is 382 g/mol. The molecule has 0 unspecified atom stereocenters. The van der Waals surface area contributed by atoms with Gasteiger partial charge >= 0.3 is 0 Å². The van der Waals surface area contributed by atoms with Crippen molar-refractivity contribution < 1.29 is 8.42 Å². The fourth-order valence-corrected chi connectivity index (χ4v) is 4.24. The van der Waals surface area contributed by atoms with E-state index in [9.17, 15) is 8.42 Å². The Balaban J connectivity index is 1.83. The number of nitrogens with zero attached hydrogens (tertiary/aromatic N) is 4. The number of sulfonamides is 1. The molecular formula is C13H14N6O2S3. The molecule has 0 atom stereocenters. The molecule has 11 heteroatoms.